The Kier molecular flexibility index (Phi) is 6.41. The van der Waals surface area contributed by atoms with Gasteiger partial charge in [-0.05, 0) is 6.42 Å². The largest absolute Gasteiger partial charge is 0.465 e. The van der Waals surface area contributed by atoms with Gasteiger partial charge < -0.3 is 10.1 Å². The fourth-order valence-corrected chi connectivity index (χ4v) is 1.63. The van der Waals surface area contributed by atoms with Crippen LogP contribution in [-0.2, 0) is 9.53 Å². The number of carbonyl (C=O) groups excluding carboxylic acids is 1. The molecule has 3 heteroatoms. The van der Waals surface area contributed by atoms with Crippen molar-refractivity contribution in [3.8, 4) is 0 Å². The summed E-state index contributed by atoms with van der Waals surface area (Å²) in [5.74, 6) is 0.118. The quantitative estimate of drug-likeness (QED) is 0.496. The molecule has 1 heterocycles. The van der Waals surface area contributed by atoms with E-state index in [-0.39, 0.29) is 11.9 Å². The molecule has 1 fully saturated rings. The van der Waals surface area contributed by atoms with E-state index < -0.39 is 0 Å². The monoisotopic (exact) mass is 213 g/mol. The lowest BCUT2D eigenvalue weighted by molar-refractivity contribution is -0.150. The van der Waals surface area contributed by atoms with Crippen LogP contribution in [0.1, 0.15) is 45.4 Å². The summed E-state index contributed by atoms with van der Waals surface area (Å²) in [7, 11) is 0. The molecule has 1 saturated heterocycles. The maximum Gasteiger partial charge on any atom is 0.311 e. The summed E-state index contributed by atoms with van der Waals surface area (Å²) in [6, 6.07) is 0. The van der Waals surface area contributed by atoms with Crippen molar-refractivity contribution in [2.45, 2.75) is 45.4 Å². The van der Waals surface area contributed by atoms with E-state index in [0.29, 0.717) is 6.61 Å². The van der Waals surface area contributed by atoms with Crippen LogP contribution < -0.4 is 5.32 Å². The Bertz CT molecular complexity index is 178. The molecule has 0 atom stereocenters. The SMILES string of the molecule is CCCCCCCCOC(=O)C1CNC1. The Morgan fingerprint density at radius 1 is 1.20 bits per heavy atom. The number of esters is 1. The third kappa shape index (κ3) is 5.17. The number of ether oxygens (including phenoxy) is 1. The van der Waals surface area contributed by atoms with Crippen LogP contribution in [0.5, 0.6) is 0 Å². The molecule has 0 saturated carbocycles. The molecular formula is C12H23NO2. The van der Waals surface area contributed by atoms with E-state index in [4.69, 9.17) is 4.74 Å². The predicted octanol–water partition coefficient (Wildman–Crippen LogP) is 2.11. The van der Waals surface area contributed by atoms with E-state index in [9.17, 15) is 4.79 Å². The van der Waals surface area contributed by atoms with Gasteiger partial charge in [0.1, 0.15) is 0 Å². The highest BCUT2D eigenvalue weighted by molar-refractivity contribution is 5.73. The molecule has 0 aliphatic carbocycles. The van der Waals surface area contributed by atoms with Crippen molar-refractivity contribution in [3.05, 3.63) is 0 Å². The van der Waals surface area contributed by atoms with Gasteiger partial charge in [0.15, 0.2) is 0 Å². The number of hydrogen-bond donors (Lipinski definition) is 1. The first-order valence-corrected chi connectivity index (χ1v) is 6.22. The number of rotatable bonds is 8. The minimum Gasteiger partial charge on any atom is -0.465 e. The third-order valence-electron chi connectivity index (χ3n) is 2.86. The Balaban J connectivity index is 1.81. The summed E-state index contributed by atoms with van der Waals surface area (Å²) in [6.45, 7) is 4.43. The Hall–Kier alpha value is -0.570. The number of nitrogens with one attached hydrogen (secondary N) is 1. The molecule has 0 spiro atoms. The number of hydrogen-bond acceptors (Lipinski definition) is 3. The maximum atomic E-state index is 11.3. The second-order valence-corrected chi connectivity index (χ2v) is 4.29. The fourth-order valence-electron chi connectivity index (χ4n) is 1.63. The van der Waals surface area contributed by atoms with E-state index in [1.165, 1.54) is 32.1 Å². The minimum atomic E-state index is -0.0118. The highest BCUT2D eigenvalue weighted by Crippen LogP contribution is 2.08. The minimum absolute atomic E-state index is 0.0118. The van der Waals surface area contributed by atoms with Crippen LogP contribution in [0, 0.1) is 5.92 Å². The summed E-state index contributed by atoms with van der Waals surface area (Å²) in [4.78, 5) is 11.3. The number of carbonyl (C=O) groups is 1. The Morgan fingerprint density at radius 3 is 2.47 bits per heavy atom. The zero-order valence-electron chi connectivity index (χ0n) is 9.76. The highest BCUT2D eigenvalue weighted by Gasteiger charge is 2.25. The van der Waals surface area contributed by atoms with E-state index in [0.717, 1.165) is 19.5 Å². The molecule has 1 aliphatic rings. The molecule has 0 aromatic rings. The van der Waals surface area contributed by atoms with Crippen molar-refractivity contribution in [2.75, 3.05) is 19.7 Å². The molecule has 0 aromatic carbocycles. The molecule has 1 N–H and O–H groups in total. The molecule has 0 bridgehead atoms. The van der Waals surface area contributed by atoms with Gasteiger partial charge in [0.2, 0.25) is 0 Å². The second-order valence-electron chi connectivity index (χ2n) is 4.29. The van der Waals surface area contributed by atoms with Gasteiger partial charge in [0, 0.05) is 13.1 Å². The van der Waals surface area contributed by atoms with E-state index in [1.54, 1.807) is 0 Å². The summed E-state index contributed by atoms with van der Waals surface area (Å²) in [6.07, 6.45) is 7.41. The summed E-state index contributed by atoms with van der Waals surface area (Å²) in [5.41, 5.74) is 0. The fraction of sp³-hybridized carbons (Fsp3) is 0.917. The predicted molar refractivity (Wildman–Crippen MR) is 60.7 cm³/mol. The maximum absolute atomic E-state index is 11.3. The first-order chi connectivity index (χ1) is 7.34. The lowest BCUT2D eigenvalue weighted by Gasteiger charge is -2.24. The van der Waals surface area contributed by atoms with Gasteiger partial charge >= 0.3 is 5.97 Å². The molecule has 15 heavy (non-hydrogen) atoms. The molecule has 0 radical (unpaired) electrons. The van der Waals surface area contributed by atoms with Crippen LogP contribution >= 0.6 is 0 Å². The molecule has 0 amide bonds. The smallest absolute Gasteiger partial charge is 0.311 e. The summed E-state index contributed by atoms with van der Waals surface area (Å²) < 4.78 is 5.17. The second kappa shape index (κ2) is 7.69. The van der Waals surface area contributed by atoms with Gasteiger partial charge in [-0.15, -0.1) is 0 Å². The lowest BCUT2D eigenvalue weighted by atomic mass is 10.0. The third-order valence-corrected chi connectivity index (χ3v) is 2.86. The molecular weight excluding hydrogens is 190 g/mol. The van der Waals surface area contributed by atoms with Gasteiger partial charge in [-0.2, -0.15) is 0 Å². The first-order valence-electron chi connectivity index (χ1n) is 6.22. The van der Waals surface area contributed by atoms with Crippen molar-refractivity contribution < 1.29 is 9.53 Å². The van der Waals surface area contributed by atoms with Gasteiger partial charge in [-0.1, -0.05) is 39.0 Å². The summed E-state index contributed by atoms with van der Waals surface area (Å²) >= 11 is 0. The van der Waals surface area contributed by atoms with Crippen LogP contribution in [-0.4, -0.2) is 25.7 Å². The molecule has 3 nitrogen and oxygen atoms in total. The van der Waals surface area contributed by atoms with E-state index in [2.05, 4.69) is 12.2 Å². The molecule has 0 unspecified atom stereocenters. The zero-order valence-corrected chi connectivity index (χ0v) is 9.76. The summed E-state index contributed by atoms with van der Waals surface area (Å²) in [5, 5.41) is 3.07. The molecule has 88 valence electrons. The Labute approximate surface area is 92.6 Å². The van der Waals surface area contributed by atoms with Crippen molar-refractivity contribution in [2.24, 2.45) is 5.92 Å². The first kappa shape index (κ1) is 12.5. The van der Waals surface area contributed by atoms with Crippen LogP contribution in [0.15, 0.2) is 0 Å². The molecule has 1 aliphatic heterocycles. The van der Waals surface area contributed by atoms with E-state index >= 15 is 0 Å². The van der Waals surface area contributed by atoms with Crippen LogP contribution in [0.25, 0.3) is 0 Å². The van der Waals surface area contributed by atoms with Crippen LogP contribution in [0.2, 0.25) is 0 Å². The van der Waals surface area contributed by atoms with Crippen molar-refractivity contribution in [3.63, 3.8) is 0 Å². The topological polar surface area (TPSA) is 38.3 Å². The van der Waals surface area contributed by atoms with Crippen LogP contribution in [0.4, 0.5) is 0 Å². The van der Waals surface area contributed by atoms with Gasteiger partial charge in [-0.3, -0.25) is 4.79 Å². The van der Waals surface area contributed by atoms with Gasteiger partial charge in [-0.25, -0.2) is 0 Å². The highest BCUT2D eigenvalue weighted by atomic mass is 16.5. The Morgan fingerprint density at radius 2 is 1.87 bits per heavy atom. The molecule has 1 rings (SSSR count). The molecule has 0 aromatic heterocycles. The standard InChI is InChI=1S/C12H23NO2/c1-2-3-4-5-6-7-8-15-12(14)11-9-13-10-11/h11,13H,2-10H2,1H3. The van der Waals surface area contributed by atoms with Crippen LogP contribution in [0.3, 0.4) is 0 Å². The average molecular weight is 213 g/mol. The normalized spacial score (nSPS) is 16.1. The van der Waals surface area contributed by atoms with Gasteiger partial charge in [0.25, 0.3) is 0 Å². The average Bonchev–Trinajstić information content (AvgIpc) is 2.14. The van der Waals surface area contributed by atoms with Crippen molar-refractivity contribution in [1.29, 1.82) is 0 Å². The van der Waals surface area contributed by atoms with Gasteiger partial charge in [0.05, 0.1) is 12.5 Å². The zero-order chi connectivity index (χ0) is 10.9. The van der Waals surface area contributed by atoms with Crippen molar-refractivity contribution in [1.82, 2.24) is 5.32 Å². The lowest BCUT2D eigenvalue weighted by Crippen LogP contribution is -2.47. The van der Waals surface area contributed by atoms with E-state index in [1.807, 2.05) is 0 Å². The van der Waals surface area contributed by atoms with Crippen molar-refractivity contribution >= 4 is 5.97 Å². The number of unbranched alkanes of at least 4 members (excludes halogenated alkanes) is 5.